The lowest BCUT2D eigenvalue weighted by Gasteiger charge is -2.24. The van der Waals surface area contributed by atoms with Crippen molar-refractivity contribution >= 4 is 0 Å². The lowest BCUT2D eigenvalue weighted by molar-refractivity contribution is 0.282. The maximum atomic E-state index is 2.37. The lowest BCUT2D eigenvalue weighted by Crippen LogP contribution is -2.10. The summed E-state index contributed by atoms with van der Waals surface area (Å²) in [5.74, 6) is 3.00. The molecule has 0 aromatic heterocycles. The van der Waals surface area contributed by atoms with Crippen molar-refractivity contribution < 1.29 is 0 Å². The molecule has 1 saturated carbocycles. The molecular formula is C14H28. The van der Waals surface area contributed by atoms with Gasteiger partial charge in [0.2, 0.25) is 0 Å². The van der Waals surface area contributed by atoms with Crippen molar-refractivity contribution in [1.29, 1.82) is 0 Å². The third kappa shape index (κ3) is 4.48. The van der Waals surface area contributed by atoms with E-state index < -0.39 is 0 Å². The largest absolute Gasteiger partial charge is 0.0651 e. The Morgan fingerprint density at radius 1 is 0.929 bits per heavy atom. The first-order valence-corrected chi connectivity index (χ1v) is 6.72. The van der Waals surface area contributed by atoms with Gasteiger partial charge in [0.25, 0.3) is 0 Å². The topological polar surface area (TPSA) is 0 Å². The molecule has 84 valence electrons. The average molecular weight is 196 g/mol. The first-order valence-electron chi connectivity index (χ1n) is 6.72. The Morgan fingerprint density at radius 2 is 1.43 bits per heavy atom. The fraction of sp³-hybridized carbons (Fsp3) is 1.00. The van der Waals surface area contributed by atoms with Crippen LogP contribution in [0.2, 0.25) is 0 Å². The summed E-state index contributed by atoms with van der Waals surface area (Å²) in [5.41, 5.74) is 0. The predicted octanol–water partition coefficient (Wildman–Crippen LogP) is 5.03. The molecule has 14 heavy (non-hydrogen) atoms. The highest BCUT2D eigenvalue weighted by molar-refractivity contribution is 4.69. The molecule has 0 atom stereocenters. The molecule has 0 aromatic carbocycles. The number of hydrogen-bond donors (Lipinski definition) is 0. The van der Waals surface area contributed by atoms with E-state index >= 15 is 0 Å². The maximum Gasteiger partial charge on any atom is -0.0412 e. The van der Waals surface area contributed by atoms with E-state index in [2.05, 4.69) is 20.8 Å². The summed E-state index contributed by atoms with van der Waals surface area (Å²) in [6.45, 7) is 7.10. The van der Waals surface area contributed by atoms with E-state index in [9.17, 15) is 0 Å². The highest BCUT2D eigenvalue weighted by atomic mass is 14.2. The van der Waals surface area contributed by atoms with Gasteiger partial charge in [-0.25, -0.2) is 0 Å². The molecule has 0 heteroatoms. The molecule has 0 nitrogen and oxygen atoms in total. The van der Waals surface area contributed by atoms with Crippen LogP contribution in [0, 0.1) is 17.8 Å². The third-order valence-electron chi connectivity index (χ3n) is 3.83. The molecule has 0 amide bonds. The third-order valence-corrected chi connectivity index (χ3v) is 3.83. The van der Waals surface area contributed by atoms with Crippen molar-refractivity contribution in [3.8, 4) is 0 Å². The number of hydrogen-bond acceptors (Lipinski definition) is 0. The van der Waals surface area contributed by atoms with Gasteiger partial charge in [-0.15, -0.1) is 0 Å². The summed E-state index contributed by atoms with van der Waals surface area (Å²) in [6, 6.07) is 0. The molecule has 1 fully saturated rings. The fourth-order valence-corrected chi connectivity index (χ4v) is 2.99. The van der Waals surface area contributed by atoms with E-state index in [1.165, 1.54) is 51.4 Å². The molecular weight excluding hydrogens is 168 g/mol. The van der Waals surface area contributed by atoms with Crippen LogP contribution in [0.1, 0.15) is 72.1 Å². The number of rotatable bonds is 3. The van der Waals surface area contributed by atoms with Crippen LogP contribution in [0.4, 0.5) is 0 Å². The van der Waals surface area contributed by atoms with Gasteiger partial charge in [0.15, 0.2) is 0 Å². The second-order valence-corrected chi connectivity index (χ2v) is 5.63. The Balaban J connectivity index is 2.25. The summed E-state index contributed by atoms with van der Waals surface area (Å²) >= 11 is 0. The Hall–Kier alpha value is 0. The van der Waals surface area contributed by atoms with Crippen molar-refractivity contribution in [2.45, 2.75) is 72.1 Å². The van der Waals surface area contributed by atoms with Crippen LogP contribution >= 0.6 is 0 Å². The molecule has 0 bridgehead atoms. The minimum atomic E-state index is 0.904. The smallest absolute Gasteiger partial charge is 0.0412 e. The van der Waals surface area contributed by atoms with Crippen LogP contribution in [0.15, 0.2) is 0 Å². The Kier molecular flexibility index (Phi) is 5.59. The zero-order chi connectivity index (χ0) is 10.4. The molecule has 0 N–H and O–H groups in total. The van der Waals surface area contributed by atoms with E-state index in [0.717, 1.165) is 17.8 Å². The fourth-order valence-electron chi connectivity index (χ4n) is 2.99. The zero-order valence-corrected chi connectivity index (χ0v) is 10.4. The predicted molar refractivity (Wildman–Crippen MR) is 64.4 cm³/mol. The van der Waals surface area contributed by atoms with Crippen molar-refractivity contribution in [2.75, 3.05) is 0 Å². The van der Waals surface area contributed by atoms with Crippen molar-refractivity contribution in [3.63, 3.8) is 0 Å². The molecule has 0 aromatic rings. The van der Waals surface area contributed by atoms with Crippen LogP contribution in [-0.2, 0) is 0 Å². The summed E-state index contributed by atoms with van der Waals surface area (Å²) in [4.78, 5) is 0. The molecule has 0 radical (unpaired) electrons. The first-order chi connectivity index (χ1) is 6.72. The normalized spacial score (nSPS) is 30.0. The van der Waals surface area contributed by atoms with Crippen molar-refractivity contribution in [2.24, 2.45) is 17.8 Å². The second-order valence-electron chi connectivity index (χ2n) is 5.63. The molecule has 1 rings (SSSR count). The summed E-state index contributed by atoms with van der Waals surface area (Å²) in [5, 5.41) is 0. The van der Waals surface area contributed by atoms with E-state index in [1.807, 2.05) is 0 Å². The minimum Gasteiger partial charge on any atom is -0.0651 e. The van der Waals surface area contributed by atoms with Gasteiger partial charge >= 0.3 is 0 Å². The van der Waals surface area contributed by atoms with Crippen LogP contribution < -0.4 is 0 Å². The SMILES string of the molecule is CCC1CCCC(CC(C)C)CCC1. The lowest BCUT2D eigenvalue weighted by atomic mass is 9.81. The average Bonchev–Trinajstić information content (AvgIpc) is 2.08. The van der Waals surface area contributed by atoms with E-state index in [4.69, 9.17) is 0 Å². The molecule has 0 saturated heterocycles. The van der Waals surface area contributed by atoms with E-state index in [1.54, 1.807) is 0 Å². The van der Waals surface area contributed by atoms with Gasteiger partial charge in [-0.05, 0) is 24.2 Å². The molecule has 1 aliphatic carbocycles. The molecule has 0 aliphatic heterocycles. The van der Waals surface area contributed by atoms with Gasteiger partial charge in [0.1, 0.15) is 0 Å². The van der Waals surface area contributed by atoms with Crippen molar-refractivity contribution in [3.05, 3.63) is 0 Å². The van der Waals surface area contributed by atoms with Gasteiger partial charge in [-0.3, -0.25) is 0 Å². The van der Waals surface area contributed by atoms with Crippen molar-refractivity contribution in [1.82, 2.24) is 0 Å². The standard InChI is InChI=1S/C14H28/c1-4-13-7-5-9-14(10-6-8-13)11-12(2)3/h12-14H,4-11H2,1-3H3. The van der Waals surface area contributed by atoms with E-state index in [0.29, 0.717) is 0 Å². The molecule has 0 unspecified atom stereocenters. The summed E-state index contributed by atoms with van der Waals surface area (Å²) in [7, 11) is 0. The van der Waals surface area contributed by atoms with Crippen LogP contribution in [-0.4, -0.2) is 0 Å². The second kappa shape index (κ2) is 6.48. The highest BCUT2D eigenvalue weighted by Gasteiger charge is 2.16. The van der Waals surface area contributed by atoms with Gasteiger partial charge in [0, 0.05) is 0 Å². The Morgan fingerprint density at radius 3 is 1.86 bits per heavy atom. The zero-order valence-electron chi connectivity index (χ0n) is 10.4. The van der Waals surface area contributed by atoms with E-state index in [-0.39, 0.29) is 0 Å². The van der Waals surface area contributed by atoms with Crippen LogP contribution in [0.5, 0.6) is 0 Å². The minimum absolute atomic E-state index is 0.904. The van der Waals surface area contributed by atoms with Gasteiger partial charge in [-0.2, -0.15) is 0 Å². The monoisotopic (exact) mass is 196 g/mol. The van der Waals surface area contributed by atoms with Crippen LogP contribution in [0.3, 0.4) is 0 Å². The molecule has 0 spiro atoms. The molecule has 0 heterocycles. The van der Waals surface area contributed by atoms with Gasteiger partial charge in [-0.1, -0.05) is 65.7 Å². The maximum absolute atomic E-state index is 2.37. The molecule has 1 aliphatic rings. The highest BCUT2D eigenvalue weighted by Crippen LogP contribution is 2.30. The van der Waals surface area contributed by atoms with Gasteiger partial charge < -0.3 is 0 Å². The van der Waals surface area contributed by atoms with Crippen LogP contribution in [0.25, 0.3) is 0 Å². The first kappa shape index (κ1) is 12.1. The summed E-state index contributed by atoms with van der Waals surface area (Å²) < 4.78 is 0. The van der Waals surface area contributed by atoms with Gasteiger partial charge in [0.05, 0.1) is 0 Å². The Labute approximate surface area is 90.5 Å². The summed E-state index contributed by atoms with van der Waals surface area (Å²) in [6.07, 6.45) is 11.9. The quantitative estimate of drug-likeness (QED) is 0.594. The Bertz CT molecular complexity index is 127.